The van der Waals surface area contributed by atoms with Gasteiger partial charge in [-0.1, -0.05) is 6.07 Å². The minimum absolute atomic E-state index is 0.0952. The molecule has 0 spiro atoms. The molecule has 3 saturated heterocycles. The summed E-state index contributed by atoms with van der Waals surface area (Å²) in [7, 11) is 0. The smallest absolute Gasteiger partial charge is 0.246 e. The first-order valence-electron chi connectivity index (χ1n) is 13.7. The number of carbonyl (C=O) groups is 2. The van der Waals surface area contributed by atoms with Crippen LogP contribution in [0.5, 0.6) is 0 Å². The molecule has 0 radical (unpaired) electrons. The van der Waals surface area contributed by atoms with Crippen molar-refractivity contribution >= 4 is 23.2 Å². The number of hydrogen-bond acceptors (Lipinski definition) is 6. The van der Waals surface area contributed by atoms with Crippen LogP contribution >= 0.6 is 0 Å². The van der Waals surface area contributed by atoms with Crippen molar-refractivity contribution in [1.29, 1.82) is 0 Å². The maximum Gasteiger partial charge on any atom is 0.246 e. The maximum absolute atomic E-state index is 13.4. The van der Waals surface area contributed by atoms with Gasteiger partial charge in [0.1, 0.15) is 5.82 Å². The molecule has 5 heterocycles. The number of likely N-dealkylation sites (tertiary alicyclic amines) is 3. The van der Waals surface area contributed by atoms with Gasteiger partial charge >= 0.3 is 0 Å². The number of carbonyl (C=O) groups excluding carboxylic acids is 2. The average molecular weight is 503 g/mol. The van der Waals surface area contributed by atoms with Crippen molar-refractivity contribution in [1.82, 2.24) is 24.7 Å². The number of nitrogen functional groups attached to an aromatic ring is 1. The maximum atomic E-state index is 13.4. The van der Waals surface area contributed by atoms with E-state index in [0.717, 1.165) is 95.6 Å². The Morgan fingerprint density at radius 2 is 1.59 bits per heavy atom. The molecular weight excluding hydrogens is 464 g/mol. The lowest BCUT2D eigenvalue weighted by Gasteiger charge is -2.38. The van der Waals surface area contributed by atoms with Crippen molar-refractivity contribution in [2.45, 2.75) is 45.1 Å². The van der Waals surface area contributed by atoms with E-state index in [1.807, 2.05) is 41.3 Å². The molecule has 2 aromatic heterocycles. The van der Waals surface area contributed by atoms with E-state index in [2.05, 4.69) is 19.8 Å². The molecule has 0 saturated carbocycles. The van der Waals surface area contributed by atoms with Crippen LogP contribution in [0.4, 0.5) is 5.82 Å². The molecule has 0 bridgehead atoms. The van der Waals surface area contributed by atoms with E-state index >= 15 is 0 Å². The van der Waals surface area contributed by atoms with E-state index in [4.69, 9.17) is 5.73 Å². The van der Waals surface area contributed by atoms with Gasteiger partial charge in [-0.3, -0.25) is 19.5 Å². The van der Waals surface area contributed by atoms with Crippen molar-refractivity contribution in [3.63, 3.8) is 0 Å². The number of anilines is 1. The first-order valence-corrected chi connectivity index (χ1v) is 13.7. The van der Waals surface area contributed by atoms with E-state index in [0.29, 0.717) is 11.7 Å². The molecule has 8 nitrogen and oxygen atoms in total. The Balaban J connectivity index is 1.16. The quantitative estimate of drug-likeness (QED) is 0.610. The second-order valence-corrected chi connectivity index (χ2v) is 10.6. The first-order chi connectivity index (χ1) is 18.1. The molecular formula is C29H38N6O2. The Morgan fingerprint density at radius 1 is 0.865 bits per heavy atom. The largest absolute Gasteiger partial charge is 0.384 e. The van der Waals surface area contributed by atoms with Crippen molar-refractivity contribution < 1.29 is 9.59 Å². The summed E-state index contributed by atoms with van der Waals surface area (Å²) in [6.45, 7) is 5.84. The Morgan fingerprint density at radius 3 is 2.27 bits per heavy atom. The van der Waals surface area contributed by atoms with Crippen LogP contribution in [-0.4, -0.2) is 75.8 Å². The number of nitrogens with zero attached hydrogens (tertiary/aromatic N) is 5. The third-order valence-electron chi connectivity index (χ3n) is 8.09. The number of hydrogen-bond donors (Lipinski definition) is 1. The standard InChI is InChI=1S/C29H38N6O2/c30-27-19-22(6-12-32-27)21-33-15-7-24(8-16-33)29(37)35-17-9-23(10-18-35)25(26-5-1-2-11-31-26)20-28(36)34-13-3-4-14-34/h1-2,5-6,11-12,19-20,23-24H,3-4,7-10,13-18,21H2,(H2,30,32). The van der Waals surface area contributed by atoms with Gasteiger partial charge in [0.05, 0.1) is 5.69 Å². The van der Waals surface area contributed by atoms with E-state index in [1.165, 1.54) is 5.56 Å². The average Bonchev–Trinajstić information content (AvgIpc) is 3.48. The fourth-order valence-electron chi connectivity index (χ4n) is 5.95. The molecule has 0 unspecified atom stereocenters. The minimum Gasteiger partial charge on any atom is -0.384 e. The van der Waals surface area contributed by atoms with Gasteiger partial charge in [-0.2, -0.15) is 0 Å². The van der Waals surface area contributed by atoms with Crippen molar-refractivity contribution in [2.24, 2.45) is 11.8 Å². The van der Waals surface area contributed by atoms with E-state index in [9.17, 15) is 9.59 Å². The molecule has 2 N–H and O–H groups in total. The number of amides is 2. The summed E-state index contributed by atoms with van der Waals surface area (Å²) < 4.78 is 0. The minimum atomic E-state index is 0.0952. The number of piperidine rings is 2. The summed E-state index contributed by atoms with van der Waals surface area (Å²) in [5, 5.41) is 0. The fraction of sp³-hybridized carbons (Fsp3) is 0.517. The predicted octanol–water partition coefficient (Wildman–Crippen LogP) is 3.22. The van der Waals surface area contributed by atoms with Gasteiger partial charge in [-0.25, -0.2) is 4.98 Å². The molecule has 2 amide bonds. The lowest BCUT2D eigenvalue weighted by atomic mass is 9.85. The zero-order valence-corrected chi connectivity index (χ0v) is 21.6. The van der Waals surface area contributed by atoms with Gasteiger partial charge in [-0.15, -0.1) is 0 Å². The SMILES string of the molecule is Nc1cc(CN2CCC(C(=O)N3CCC(C(=CC(=O)N4CCCC4)c4ccccn4)CC3)CC2)ccn1. The van der Waals surface area contributed by atoms with Gasteiger partial charge in [0.25, 0.3) is 0 Å². The van der Waals surface area contributed by atoms with Gasteiger partial charge in [-0.05, 0) is 92.9 Å². The molecule has 3 fully saturated rings. The Labute approximate surface area is 219 Å². The molecule has 5 rings (SSSR count). The highest BCUT2D eigenvalue weighted by atomic mass is 16.2. The molecule has 3 aliphatic rings. The molecule has 3 aliphatic heterocycles. The van der Waals surface area contributed by atoms with Crippen molar-refractivity contribution in [2.75, 3.05) is 45.0 Å². The number of aromatic nitrogens is 2. The Bertz CT molecular complexity index is 1100. The zero-order valence-electron chi connectivity index (χ0n) is 21.6. The van der Waals surface area contributed by atoms with Gasteiger partial charge in [0.2, 0.25) is 11.8 Å². The predicted molar refractivity (Wildman–Crippen MR) is 144 cm³/mol. The van der Waals surface area contributed by atoms with E-state index in [1.54, 1.807) is 12.4 Å². The highest BCUT2D eigenvalue weighted by molar-refractivity contribution is 5.95. The van der Waals surface area contributed by atoms with Crippen LogP contribution in [-0.2, 0) is 16.1 Å². The second kappa shape index (κ2) is 11.9. The summed E-state index contributed by atoms with van der Waals surface area (Å²) in [5.74, 6) is 1.27. The van der Waals surface area contributed by atoms with Crippen LogP contribution in [0.25, 0.3) is 5.57 Å². The molecule has 196 valence electrons. The van der Waals surface area contributed by atoms with Crippen LogP contribution in [0.3, 0.4) is 0 Å². The summed E-state index contributed by atoms with van der Waals surface area (Å²) in [6, 6.07) is 9.81. The topological polar surface area (TPSA) is 95.7 Å². The third-order valence-corrected chi connectivity index (χ3v) is 8.09. The molecule has 0 aromatic carbocycles. The van der Waals surface area contributed by atoms with Crippen LogP contribution < -0.4 is 5.73 Å². The number of nitrogens with two attached hydrogens (primary N) is 1. The van der Waals surface area contributed by atoms with Gasteiger partial charge in [0.15, 0.2) is 0 Å². The molecule has 0 aliphatic carbocycles. The number of allylic oxidation sites excluding steroid dienone is 1. The highest BCUT2D eigenvalue weighted by Gasteiger charge is 2.32. The van der Waals surface area contributed by atoms with E-state index in [-0.39, 0.29) is 17.7 Å². The monoisotopic (exact) mass is 502 g/mol. The summed E-state index contributed by atoms with van der Waals surface area (Å²) >= 11 is 0. The van der Waals surface area contributed by atoms with Gasteiger partial charge < -0.3 is 15.5 Å². The van der Waals surface area contributed by atoms with Gasteiger partial charge in [0, 0.05) is 57.1 Å². The Kier molecular flexibility index (Phi) is 8.14. The van der Waals surface area contributed by atoms with Crippen LogP contribution in [0, 0.1) is 11.8 Å². The normalized spacial score (nSPS) is 20.4. The second-order valence-electron chi connectivity index (χ2n) is 10.6. The lowest BCUT2D eigenvalue weighted by molar-refractivity contribution is -0.138. The van der Waals surface area contributed by atoms with Crippen molar-refractivity contribution in [3.05, 3.63) is 60.1 Å². The highest BCUT2D eigenvalue weighted by Crippen LogP contribution is 2.33. The molecule has 37 heavy (non-hydrogen) atoms. The van der Waals surface area contributed by atoms with Crippen LogP contribution in [0.15, 0.2) is 48.8 Å². The lowest BCUT2D eigenvalue weighted by Crippen LogP contribution is -2.45. The van der Waals surface area contributed by atoms with Crippen LogP contribution in [0.1, 0.15) is 49.8 Å². The summed E-state index contributed by atoms with van der Waals surface area (Å²) in [5.41, 5.74) is 8.88. The van der Waals surface area contributed by atoms with Crippen molar-refractivity contribution in [3.8, 4) is 0 Å². The van der Waals surface area contributed by atoms with Crippen LogP contribution in [0.2, 0.25) is 0 Å². The third kappa shape index (κ3) is 6.36. The molecule has 8 heteroatoms. The zero-order chi connectivity index (χ0) is 25.6. The summed E-state index contributed by atoms with van der Waals surface area (Å²) in [4.78, 5) is 41.3. The number of pyridine rings is 2. The Hall–Kier alpha value is -3.26. The summed E-state index contributed by atoms with van der Waals surface area (Å²) in [6.07, 6.45) is 11.0. The number of rotatable bonds is 6. The fourth-order valence-corrected chi connectivity index (χ4v) is 5.95. The van der Waals surface area contributed by atoms with E-state index < -0.39 is 0 Å². The molecule has 2 aromatic rings. The molecule has 0 atom stereocenters. The first kappa shape index (κ1) is 25.4.